The summed E-state index contributed by atoms with van der Waals surface area (Å²) in [6, 6.07) is 4.00. The number of nitrogens with one attached hydrogen (secondary N) is 1. The summed E-state index contributed by atoms with van der Waals surface area (Å²) in [5.74, 6) is 1.20. The second-order valence-corrected chi connectivity index (χ2v) is 6.90. The van der Waals surface area contributed by atoms with Gasteiger partial charge in [-0.3, -0.25) is 0 Å². The number of hydrogen-bond donors (Lipinski definition) is 1. The van der Waals surface area contributed by atoms with Crippen LogP contribution in [0.4, 0.5) is 23.8 Å². The van der Waals surface area contributed by atoms with Crippen molar-refractivity contribution in [2.24, 2.45) is 0 Å². The summed E-state index contributed by atoms with van der Waals surface area (Å²) < 4.78 is 42.9. The van der Waals surface area contributed by atoms with Crippen molar-refractivity contribution in [3.8, 4) is 0 Å². The van der Waals surface area contributed by atoms with E-state index in [1.165, 1.54) is 11.0 Å². The minimum atomic E-state index is -4.39. The van der Waals surface area contributed by atoms with Crippen LogP contribution in [-0.2, 0) is 12.7 Å². The lowest BCUT2D eigenvalue weighted by atomic mass is 10.1. The molecule has 2 aromatic rings. The van der Waals surface area contributed by atoms with Crippen LogP contribution in [0.5, 0.6) is 0 Å². The highest BCUT2D eigenvalue weighted by molar-refractivity contribution is 5.74. The number of amides is 2. The van der Waals surface area contributed by atoms with Crippen molar-refractivity contribution in [2.45, 2.75) is 38.5 Å². The van der Waals surface area contributed by atoms with Gasteiger partial charge in [0.15, 0.2) is 0 Å². The molecule has 152 valence electrons. The number of nitrogens with zero attached hydrogens (tertiary/aromatic N) is 4. The lowest BCUT2D eigenvalue weighted by Crippen LogP contribution is -2.48. The minimum Gasteiger partial charge on any atom is -0.361 e. The minimum absolute atomic E-state index is 0.000284. The fraction of sp³-hybridized carbons (Fsp3) is 0.500. The highest BCUT2D eigenvalue weighted by Gasteiger charge is 2.31. The number of carbonyl (C=O) groups excluding carboxylic acids is 1. The number of halogens is 3. The molecule has 10 heteroatoms. The molecule has 1 saturated heterocycles. The van der Waals surface area contributed by atoms with Crippen molar-refractivity contribution < 1.29 is 22.5 Å². The Hall–Kier alpha value is -2.78. The monoisotopic (exact) mass is 397 g/mol. The molecule has 0 bridgehead atoms. The molecular formula is C18H22F3N5O2. The van der Waals surface area contributed by atoms with Gasteiger partial charge in [-0.05, 0) is 31.9 Å². The molecule has 2 aromatic heterocycles. The van der Waals surface area contributed by atoms with Gasteiger partial charge in [-0.1, -0.05) is 5.16 Å². The fourth-order valence-electron chi connectivity index (χ4n) is 3.09. The molecule has 0 aromatic carbocycles. The van der Waals surface area contributed by atoms with Gasteiger partial charge in [0.05, 0.1) is 12.1 Å². The second kappa shape index (κ2) is 8.07. The zero-order valence-electron chi connectivity index (χ0n) is 15.7. The molecule has 0 unspecified atom stereocenters. The van der Waals surface area contributed by atoms with E-state index in [-0.39, 0.29) is 12.1 Å². The zero-order chi connectivity index (χ0) is 20.3. The van der Waals surface area contributed by atoms with Crippen molar-refractivity contribution in [1.82, 2.24) is 20.4 Å². The first-order valence-corrected chi connectivity index (χ1v) is 8.94. The van der Waals surface area contributed by atoms with Crippen molar-refractivity contribution in [2.75, 3.05) is 25.0 Å². The Balaban J connectivity index is 1.47. The first kappa shape index (κ1) is 20.0. The number of anilines is 1. The average Bonchev–Trinajstić information content (AvgIpc) is 3.06. The number of aryl methyl sites for hydroxylation is 1. The number of aromatic nitrogens is 2. The first-order valence-electron chi connectivity index (χ1n) is 8.94. The number of hydrogen-bond acceptors (Lipinski definition) is 5. The molecule has 3 rings (SSSR count). The highest BCUT2D eigenvalue weighted by Crippen LogP contribution is 2.29. The van der Waals surface area contributed by atoms with Crippen LogP contribution in [-0.4, -0.2) is 47.3 Å². The van der Waals surface area contributed by atoms with Crippen molar-refractivity contribution >= 4 is 11.8 Å². The lowest BCUT2D eigenvalue weighted by Gasteiger charge is -2.34. The van der Waals surface area contributed by atoms with Crippen LogP contribution in [0.15, 0.2) is 28.9 Å². The summed E-state index contributed by atoms with van der Waals surface area (Å²) in [5.41, 5.74) is -0.0814. The van der Waals surface area contributed by atoms with E-state index in [0.29, 0.717) is 49.7 Å². The number of pyridine rings is 1. The van der Waals surface area contributed by atoms with E-state index >= 15 is 0 Å². The van der Waals surface area contributed by atoms with Gasteiger partial charge in [0.2, 0.25) is 0 Å². The molecule has 0 saturated carbocycles. The van der Waals surface area contributed by atoms with Gasteiger partial charge in [-0.15, -0.1) is 0 Å². The maximum absolute atomic E-state index is 12.6. The number of rotatable bonds is 4. The van der Waals surface area contributed by atoms with E-state index in [2.05, 4.69) is 15.5 Å². The number of urea groups is 1. The van der Waals surface area contributed by atoms with Crippen LogP contribution in [0.3, 0.4) is 0 Å². The van der Waals surface area contributed by atoms with Gasteiger partial charge in [0, 0.05) is 38.4 Å². The SMILES string of the molecule is Cc1cc(CN(C)C(=O)NC2CCN(c3ccc(C(F)(F)F)cn3)CC2)no1. The van der Waals surface area contributed by atoms with E-state index < -0.39 is 11.7 Å². The zero-order valence-corrected chi connectivity index (χ0v) is 15.7. The van der Waals surface area contributed by atoms with Crippen LogP contribution in [0, 0.1) is 6.92 Å². The van der Waals surface area contributed by atoms with Gasteiger partial charge in [-0.2, -0.15) is 13.2 Å². The van der Waals surface area contributed by atoms with Gasteiger partial charge >= 0.3 is 12.2 Å². The Morgan fingerprint density at radius 3 is 2.61 bits per heavy atom. The quantitative estimate of drug-likeness (QED) is 0.858. The molecule has 1 aliphatic rings. The highest BCUT2D eigenvalue weighted by atomic mass is 19.4. The van der Waals surface area contributed by atoms with E-state index in [9.17, 15) is 18.0 Å². The van der Waals surface area contributed by atoms with Crippen LogP contribution in [0.1, 0.15) is 29.9 Å². The molecule has 3 heterocycles. The van der Waals surface area contributed by atoms with Crippen molar-refractivity contribution in [3.05, 3.63) is 41.4 Å². The van der Waals surface area contributed by atoms with Crippen LogP contribution in [0.2, 0.25) is 0 Å². The summed E-state index contributed by atoms with van der Waals surface area (Å²) in [6.07, 6.45) is -2.17. The van der Waals surface area contributed by atoms with Crippen molar-refractivity contribution in [3.63, 3.8) is 0 Å². The topological polar surface area (TPSA) is 74.5 Å². The molecule has 1 N–H and O–H groups in total. The van der Waals surface area contributed by atoms with Gasteiger partial charge in [-0.25, -0.2) is 9.78 Å². The average molecular weight is 397 g/mol. The molecule has 2 amide bonds. The third-order valence-corrected chi connectivity index (χ3v) is 4.64. The smallest absolute Gasteiger partial charge is 0.361 e. The maximum atomic E-state index is 12.6. The largest absolute Gasteiger partial charge is 0.417 e. The third kappa shape index (κ3) is 4.93. The van der Waals surface area contributed by atoms with E-state index in [1.807, 2.05) is 4.90 Å². The predicted octanol–water partition coefficient (Wildman–Crippen LogP) is 3.21. The summed E-state index contributed by atoms with van der Waals surface area (Å²) in [5, 5.41) is 6.85. The second-order valence-electron chi connectivity index (χ2n) is 6.90. The molecule has 0 aliphatic carbocycles. The van der Waals surface area contributed by atoms with E-state index in [1.54, 1.807) is 20.0 Å². The number of alkyl halides is 3. The Morgan fingerprint density at radius 2 is 2.07 bits per heavy atom. The Labute approximate surface area is 160 Å². The number of carbonyl (C=O) groups is 1. The predicted molar refractivity (Wildman–Crippen MR) is 95.7 cm³/mol. The first-order chi connectivity index (χ1) is 13.2. The summed E-state index contributed by atoms with van der Waals surface area (Å²) >= 11 is 0. The van der Waals surface area contributed by atoms with Crippen LogP contribution in [0.25, 0.3) is 0 Å². The van der Waals surface area contributed by atoms with Crippen LogP contribution >= 0.6 is 0 Å². The van der Waals surface area contributed by atoms with E-state index in [4.69, 9.17) is 4.52 Å². The summed E-state index contributed by atoms with van der Waals surface area (Å²) in [4.78, 5) is 19.7. The summed E-state index contributed by atoms with van der Waals surface area (Å²) in [7, 11) is 1.68. The standard InChI is InChI=1S/C18H22F3N5O2/c1-12-9-15(24-28-12)11-25(2)17(27)23-14-5-7-26(8-6-14)16-4-3-13(10-22-16)18(19,20)21/h3-4,9-10,14H,5-8,11H2,1-2H3,(H,23,27). The molecule has 1 fully saturated rings. The molecule has 1 aliphatic heterocycles. The molecule has 7 nitrogen and oxygen atoms in total. The summed E-state index contributed by atoms with van der Waals surface area (Å²) in [6.45, 7) is 3.35. The molecule has 0 atom stereocenters. The van der Waals surface area contributed by atoms with Gasteiger partial charge in [0.25, 0.3) is 0 Å². The lowest BCUT2D eigenvalue weighted by molar-refractivity contribution is -0.137. The fourth-order valence-corrected chi connectivity index (χ4v) is 3.09. The Kier molecular flexibility index (Phi) is 5.76. The van der Waals surface area contributed by atoms with Crippen molar-refractivity contribution in [1.29, 1.82) is 0 Å². The Morgan fingerprint density at radius 1 is 1.36 bits per heavy atom. The molecule has 28 heavy (non-hydrogen) atoms. The number of piperidine rings is 1. The third-order valence-electron chi connectivity index (χ3n) is 4.64. The molecule has 0 radical (unpaired) electrons. The van der Waals surface area contributed by atoms with E-state index in [0.717, 1.165) is 12.3 Å². The Bertz CT molecular complexity index is 798. The normalized spacial score (nSPS) is 15.5. The van der Waals surface area contributed by atoms with Crippen LogP contribution < -0.4 is 10.2 Å². The van der Waals surface area contributed by atoms with Gasteiger partial charge in [0.1, 0.15) is 17.3 Å². The molecular weight excluding hydrogens is 375 g/mol. The maximum Gasteiger partial charge on any atom is 0.417 e. The van der Waals surface area contributed by atoms with Gasteiger partial charge < -0.3 is 19.6 Å². The molecule has 0 spiro atoms.